The molecule has 0 fully saturated rings. The van der Waals surface area contributed by atoms with Crippen LogP contribution in [-0.2, 0) is 0 Å². The number of hydrogen-bond donors (Lipinski definition) is 0. The molecule has 0 spiro atoms. The molecule has 0 saturated heterocycles. The summed E-state index contributed by atoms with van der Waals surface area (Å²) in [4.78, 5) is 13.9. The van der Waals surface area contributed by atoms with Crippen LogP contribution in [0, 0.1) is 14.9 Å². The molecular formula is C12H12BrIN2O. The van der Waals surface area contributed by atoms with E-state index in [1.54, 1.807) is 4.90 Å². The largest absolute Gasteiger partial charge is 0.338 e. The Bertz CT molecular complexity index is 456. The van der Waals surface area contributed by atoms with Gasteiger partial charge in [-0.25, -0.2) is 0 Å². The first-order chi connectivity index (χ1) is 8.10. The van der Waals surface area contributed by atoms with Gasteiger partial charge >= 0.3 is 0 Å². The maximum atomic E-state index is 12.2. The minimum Gasteiger partial charge on any atom is -0.338 e. The van der Waals surface area contributed by atoms with Crippen molar-refractivity contribution in [2.75, 3.05) is 13.1 Å². The van der Waals surface area contributed by atoms with E-state index in [0.717, 1.165) is 8.04 Å². The molecule has 0 radical (unpaired) electrons. The van der Waals surface area contributed by atoms with Gasteiger partial charge in [-0.3, -0.25) is 4.79 Å². The minimum absolute atomic E-state index is 0.0341. The van der Waals surface area contributed by atoms with Gasteiger partial charge in [-0.2, -0.15) is 5.26 Å². The molecule has 0 aliphatic rings. The number of benzene rings is 1. The summed E-state index contributed by atoms with van der Waals surface area (Å²) >= 11 is 5.56. The summed E-state index contributed by atoms with van der Waals surface area (Å²) < 4.78 is 1.81. The first kappa shape index (κ1) is 14.5. The van der Waals surface area contributed by atoms with Crippen molar-refractivity contribution in [3.05, 3.63) is 31.8 Å². The second-order valence-corrected chi connectivity index (χ2v) is 5.52. The van der Waals surface area contributed by atoms with E-state index in [9.17, 15) is 4.79 Å². The Morgan fingerprint density at radius 3 is 2.88 bits per heavy atom. The van der Waals surface area contributed by atoms with E-state index >= 15 is 0 Å². The summed E-state index contributed by atoms with van der Waals surface area (Å²) in [5.74, 6) is -0.0341. The van der Waals surface area contributed by atoms with E-state index < -0.39 is 0 Å². The zero-order chi connectivity index (χ0) is 12.8. The van der Waals surface area contributed by atoms with Crippen LogP contribution in [0.5, 0.6) is 0 Å². The summed E-state index contributed by atoms with van der Waals surface area (Å²) in [6, 6.07) is 7.71. The van der Waals surface area contributed by atoms with Crippen molar-refractivity contribution in [3.8, 4) is 6.07 Å². The third-order valence-corrected chi connectivity index (χ3v) is 3.68. The molecule has 0 aliphatic carbocycles. The topological polar surface area (TPSA) is 44.1 Å². The Morgan fingerprint density at radius 1 is 1.59 bits per heavy atom. The van der Waals surface area contributed by atoms with Gasteiger partial charge in [0.05, 0.1) is 18.1 Å². The quantitative estimate of drug-likeness (QED) is 0.719. The highest BCUT2D eigenvalue weighted by Gasteiger charge is 2.16. The number of nitriles is 1. The molecule has 1 amide bonds. The second kappa shape index (κ2) is 6.97. The predicted molar refractivity (Wildman–Crippen MR) is 78.7 cm³/mol. The van der Waals surface area contributed by atoms with Crippen LogP contribution in [0.15, 0.2) is 22.7 Å². The number of carbonyl (C=O) groups is 1. The van der Waals surface area contributed by atoms with Crippen LogP contribution in [0.25, 0.3) is 0 Å². The Balaban J connectivity index is 2.94. The van der Waals surface area contributed by atoms with E-state index in [0.29, 0.717) is 25.1 Å². The van der Waals surface area contributed by atoms with Crippen molar-refractivity contribution in [1.29, 1.82) is 5.26 Å². The fourth-order valence-corrected chi connectivity index (χ4v) is 2.33. The Hall–Kier alpha value is -0.610. The average molecular weight is 407 g/mol. The molecule has 0 atom stereocenters. The zero-order valence-corrected chi connectivity index (χ0v) is 13.2. The van der Waals surface area contributed by atoms with Crippen molar-refractivity contribution in [1.82, 2.24) is 4.90 Å². The van der Waals surface area contributed by atoms with Crippen LogP contribution < -0.4 is 0 Å². The molecule has 0 bridgehead atoms. The maximum absolute atomic E-state index is 12.2. The van der Waals surface area contributed by atoms with Gasteiger partial charge in [0.2, 0.25) is 0 Å². The summed E-state index contributed by atoms with van der Waals surface area (Å²) in [7, 11) is 0. The highest BCUT2D eigenvalue weighted by molar-refractivity contribution is 14.1. The number of halogens is 2. The second-order valence-electron chi connectivity index (χ2n) is 3.42. The maximum Gasteiger partial charge on any atom is 0.255 e. The van der Waals surface area contributed by atoms with Crippen molar-refractivity contribution in [3.63, 3.8) is 0 Å². The summed E-state index contributed by atoms with van der Waals surface area (Å²) in [6.07, 6.45) is 0.362. The number of nitrogens with zero attached hydrogens (tertiary/aromatic N) is 2. The van der Waals surface area contributed by atoms with Gasteiger partial charge in [0.15, 0.2) is 0 Å². The predicted octanol–water partition coefficient (Wildman–Crippen LogP) is 3.43. The Labute approximate surface area is 123 Å². The Kier molecular flexibility index (Phi) is 5.92. The lowest BCUT2D eigenvalue weighted by Crippen LogP contribution is -2.31. The molecule has 1 aromatic rings. The van der Waals surface area contributed by atoms with Gasteiger partial charge in [-0.1, -0.05) is 0 Å². The summed E-state index contributed by atoms with van der Waals surface area (Å²) in [6.45, 7) is 3.00. The number of amides is 1. The zero-order valence-electron chi connectivity index (χ0n) is 9.41. The van der Waals surface area contributed by atoms with Gasteiger partial charge in [0, 0.05) is 21.1 Å². The SMILES string of the molecule is CCN(CCC#N)C(=O)c1cc(I)ccc1Br. The monoisotopic (exact) mass is 406 g/mol. The third-order valence-electron chi connectivity index (χ3n) is 2.32. The fraction of sp³-hybridized carbons (Fsp3) is 0.333. The molecule has 5 heteroatoms. The van der Waals surface area contributed by atoms with Gasteiger partial charge in [-0.05, 0) is 63.6 Å². The van der Waals surface area contributed by atoms with Crippen LogP contribution in [0.3, 0.4) is 0 Å². The third kappa shape index (κ3) is 3.96. The lowest BCUT2D eigenvalue weighted by Gasteiger charge is -2.20. The van der Waals surface area contributed by atoms with E-state index in [1.807, 2.05) is 25.1 Å². The van der Waals surface area contributed by atoms with Gasteiger partial charge in [-0.15, -0.1) is 0 Å². The van der Waals surface area contributed by atoms with Crippen molar-refractivity contribution >= 4 is 44.4 Å². The number of carbonyl (C=O) groups excluding carboxylic acids is 1. The lowest BCUT2D eigenvalue weighted by atomic mass is 10.2. The lowest BCUT2D eigenvalue weighted by molar-refractivity contribution is 0.0767. The molecule has 0 saturated carbocycles. The number of rotatable bonds is 4. The normalized spacial score (nSPS) is 9.76. The van der Waals surface area contributed by atoms with Crippen LogP contribution in [0.2, 0.25) is 0 Å². The first-order valence-electron chi connectivity index (χ1n) is 5.21. The van der Waals surface area contributed by atoms with Gasteiger partial charge in [0.1, 0.15) is 0 Å². The molecule has 0 aliphatic heterocycles. The molecule has 17 heavy (non-hydrogen) atoms. The minimum atomic E-state index is -0.0341. The standard InChI is InChI=1S/C12H12BrIN2O/c1-2-16(7-3-6-15)12(17)10-8-9(14)4-5-11(10)13/h4-5,8H,2-3,7H2,1H3. The van der Waals surface area contributed by atoms with Crippen molar-refractivity contribution < 1.29 is 4.79 Å². The average Bonchev–Trinajstić information content (AvgIpc) is 2.33. The molecule has 1 rings (SSSR count). The molecule has 1 aromatic carbocycles. The molecule has 90 valence electrons. The summed E-state index contributed by atoms with van der Waals surface area (Å²) in [5.41, 5.74) is 0.650. The molecule has 0 N–H and O–H groups in total. The van der Waals surface area contributed by atoms with E-state index in [1.165, 1.54) is 0 Å². The first-order valence-corrected chi connectivity index (χ1v) is 7.08. The number of hydrogen-bond acceptors (Lipinski definition) is 2. The van der Waals surface area contributed by atoms with Gasteiger partial charge < -0.3 is 4.90 Å². The van der Waals surface area contributed by atoms with Crippen LogP contribution in [0.4, 0.5) is 0 Å². The molecular weight excluding hydrogens is 395 g/mol. The van der Waals surface area contributed by atoms with Crippen molar-refractivity contribution in [2.45, 2.75) is 13.3 Å². The van der Waals surface area contributed by atoms with Crippen LogP contribution >= 0.6 is 38.5 Å². The Morgan fingerprint density at radius 2 is 2.29 bits per heavy atom. The van der Waals surface area contributed by atoms with Gasteiger partial charge in [0.25, 0.3) is 5.91 Å². The molecule has 0 heterocycles. The van der Waals surface area contributed by atoms with Crippen LogP contribution in [0.1, 0.15) is 23.7 Å². The van der Waals surface area contributed by atoms with Crippen molar-refractivity contribution in [2.24, 2.45) is 0 Å². The molecule has 0 aromatic heterocycles. The summed E-state index contributed by atoms with van der Waals surface area (Å²) in [5, 5.41) is 8.56. The van der Waals surface area contributed by atoms with E-state index in [4.69, 9.17) is 5.26 Å². The highest BCUT2D eigenvalue weighted by atomic mass is 127. The van der Waals surface area contributed by atoms with E-state index in [2.05, 4.69) is 44.6 Å². The molecule has 3 nitrogen and oxygen atoms in total. The highest BCUT2D eigenvalue weighted by Crippen LogP contribution is 2.21. The smallest absolute Gasteiger partial charge is 0.255 e. The van der Waals surface area contributed by atoms with Crippen LogP contribution in [-0.4, -0.2) is 23.9 Å². The molecule has 0 unspecified atom stereocenters. The van der Waals surface area contributed by atoms with E-state index in [-0.39, 0.29) is 5.91 Å². The fourth-order valence-electron chi connectivity index (χ4n) is 1.42.